The summed E-state index contributed by atoms with van der Waals surface area (Å²) in [6, 6.07) is 16.7. The number of nitrogens with zero attached hydrogens (tertiary/aromatic N) is 3. The number of pyridine rings is 1. The van der Waals surface area contributed by atoms with E-state index in [1.54, 1.807) is 30.3 Å². The summed E-state index contributed by atoms with van der Waals surface area (Å²) in [6.45, 7) is 3.28. The summed E-state index contributed by atoms with van der Waals surface area (Å²) in [4.78, 5) is 9.32. The van der Waals surface area contributed by atoms with Crippen molar-refractivity contribution in [3.63, 3.8) is 0 Å². The Morgan fingerprint density at radius 3 is 2.46 bits per heavy atom. The van der Waals surface area contributed by atoms with Crippen LogP contribution in [0.4, 0.5) is 14.6 Å². The van der Waals surface area contributed by atoms with E-state index in [9.17, 15) is 8.78 Å². The number of rotatable bonds is 6. The molecular formula is C22H20F2N4. The van der Waals surface area contributed by atoms with Crippen LogP contribution < -0.4 is 5.32 Å². The molecule has 0 unspecified atom stereocenters. The number of nitrogens with one attached hydrogen (secondary N) is 1. The van der Waals surface area contributed by atoms with Crippen LogP contribution in [0.5, 0.6) is 0 Å². The number of hydrogen-bond donors (Lipinski definition) is 1. The predicted molar refractivity (Wildman–Crippen MR) is 107 cm³/mol. The summed E-state index contributed by atoms with van der Waals surface area (Å²) in [6.07, 6.45) is 0.877. The van der Waals surface area contributed by atoms with Crippen molar-refractivity contribution in [2.24, 2.45) is 0 Å². The normalized spacial score (nSPS) is 11.1. The maximum absolute atomic E-state index is 14.3. The van der Waals surface area contributed by atoms with Crippen molar-refractivity contribution in [3.8, 4) is 11.4 Å². The number of benzene rings is 2. The predicted octanol–water partition coefficient (Wildman–Crippen LogP) is 5.40. The molecule has 4 aromatic rings. The monoisotopic (exact) mass is 378 g/mol. The van der Waals surface area contributed by atoms with Crippen LogP contribution in [0.25, 0.3) is 22.6 Å². The van der Waals surface area contributed by atoms with Crippen LogP contribution in [0.15, 0.2) is 60.7 Å². The van der Waals surface area contributed by atoms with Gasteiger partial charge in [0.2, 0.25) is 0 Å². The van der Waals surface area contributed by atoms with Gasteiger partial charge in [-0.05, 0) is 48.4 Å². The molecule has 0 radical (unpaired) electrons. The van der Waals surface area contributed by atoms with Crippen LogP contribution in [0, 0.1) is 11.6 Å². The average molecular weight is 378 g/mol. The van der Waals surface area contributed by atoms with Gasteiger partial charge in [-0.1, -0.05) is 31.2 Å². The second-order valence-corrected chi connectivity index (χ2v) is 6.59. The number of halogens is 2. The molecule has 0 saturated carbocycles. The molecule has 0 bridgehead atoms. The molecule has 28 heavy (non-hydrogen) atoms. The van der Waals surface area contributed by atoms with E-state index in [2.05, 4.69) is 17.2 Å². The largest absolute Gasteiger partial charge is 0.366 e. The van der Waals surface area contributed by atoms with Crippen molar-refractivity contribution >= 4 is 17.0 Å². The lowest BCUT2D eigenvalue weighted by molar-refractivity contribution is 0.625. The number of fused-ring (bicyclic) bond motifs is 1. The molecule has 2 aromatic heterocycles. The van der Waals surface area contributed by atoms with Gasteiger partial charge in [0.05, 0.1) is 5.56 Å². The second-order valence-electron chi connectivity index (χ2n) is 6.59. The van der Waals surface area contributed by atoms with Gasteiger partial charge < -0.3 is 9.88 Å². The van der Waals surface area contributed by atoms with Crippen molar-refractivity contribution in [1.82, 2.24) is 14.5 Å². The molecule has 4 nitrogen and oxygen atoms in total. The fourth-order valence-corrected chi connectivity index (χ4v) is 3.18. The van der Waals surface area contributed by atoms with E-state index in [0.717, 1.165) is 17.5 Å². The molecule has 0 aliphatic heterocycles. The van der Waals surface area contributed by atoms with Crippen LogP contribution in [-0.2, 0) is 13.1 Å². The number of aromatic nitrogens is 3. The van der Waals surface area contributed by atoms with E-state index in [4.69, 9.17) is 4.98 Å². The van der Waals surface area contributed by atoms with Gasteiger partial charge in [0.1, 0.15) is 28.8 Å². The van der Waals surface area contributed by atoms with Crippen LogP contribution in [0.1, 0.15) is 18.9 Å². The third kappa shape index (κ3) is 3.58. The fourth-order valence-electron chi connectivity index (χ4n) is 3.18. The molecule has 6 heteroatoms. The highest BCUT2D eigenvalue weighted by Gasteiger charge is 2.16. The maximum Gasteiger partial charge on any atom is 0.162 e. The van der Waals surface area contributed by atoms with E-state index in [-0.39, 0.29) is 11.6 Å². The Hall–Kier alpha value is -3.28. The third-order valence-corrected chi connectivity index (χ3v) is 4.54. The molecule has 1 N–H and O–H groups in total. The molecular weight excluding hydrogens is 358 g/mol. The molecule has 0 spiro atoms. The first-order valence-electron chi connectivity index (χ1n) is 9.26. The van der Waals surface area contributed by atoms with Gasteiger partial charge in [0.25, 0.3) is 0 Å². The zero-order valence-electron chi connectivity index (χ0n) is 15.5. The smallest absolute Gasteiger partial charge is 0.162 e. The standard InChI is InChI=1S/C22H20F2N4/c1-2-13-28-21(17-5-3-4-6-18(17)24)26-19-11-12-20(27-22(19)28)25-14-15-7-9-16(23)10-8-15/h3-12H,2,13-14H2,1H3,(H,25,27). The van der Waals surface area contributed by atoms with Crippen molar-refractivity contribution in [2.75, 3.05) is 5.32 Å². The lowest BCUT2D eigenvalue weighted by atomic mass is 10.2. The molecule has 142 valence electrons. The molecule has 0 saturated heterocycles. The summed E-state index contributed by atoms with van der Waals surface area (Å²) in [7, 11) is 0. The van der Waals surface area contributed by atoms with Crippen molar-refractivity contribution in [2.45, 2.75) is 26.4 Å². The van der Waals surface area contributed by atoms with Crippen LogP contribution in [0.2, 0.25) is 0 Å². The number of hydrogen-bond acceptors (Lipinski definition) is 3. The fraction of sp³-hybridized carbons (Fsp3) is 0.182. The van der Waals surface area contributed by atoms with Gasteiger partial charge >= 0.3 is 0 Å². The number of aryl methyl sites for hydroxylation is 1. The highest BCUT2D eigenvalue weighted by Crippen LogP contribution is 2.27. The van der Waals surface area contributed by atoms with Gasteiger partial charge in [0, 0.05) is 13.1 Å². The summed E-state index contributed by atoms with van der Waals surface area (Å²) >= 11 is 0. The Morgan fingerprint density at radius 1 is 0.929 bits per heavy atom. The van der Waals surface area contributed by atoms with E-state index in [1.807, 2.05) is 16.7 Å². The van der Waals surface area contributed by atoms with Crippen molar-refractivity contribution < 1.29 is 8.78 Å². The first-order valence-corrected chi connectivity index (χ1v) is 9.26. The first kappa shape index (κ1) is 18.1. The van der Waals surface area contributed by atoms with Crippen LogP contribution in [0.3, 0.4) is 0 Å². The van der Waals surface area contributed by atoms with E-state index >= 15 is 0 Å². The van der Waals surface area contributed by atoms with E-state index < -0.39 is 0 Å². The highest BCUT2D eigenvalue weighted by atomic mass is 19.1. The quantitative estimate of drug-likeness (QED) is 0.489. The lowest BCUT2D eigenvalue weighted by Gasteiger charge is -2.09. The SMILES string of the molecule is CCCn1c(-c2ccccc2F)nc2ccc(NCc3ccc(F)cc3)nc21. The van der Waals surface area contributed by atoms with Crippen LogP contribution in [-0.4, -0.2) is 14.5 Å². The van der Waals surface area contributed by atoms with Gasteiger partial charge in [-0.3, -0.25) is 0 Å². The summed E-state index contributed by atoms with van der Waals surface area (Å²) in [5.41, 5.74) is 2.86. The summed E-state index contributed by atoms with van der Waals surface area (Å²) in [5.74, 6) is 0.713. The molecule has 4 rings (SSSR count). The number of anilines is 1. The topological polar surface area (TPSA) is 42.7 Å². The summed E-state index contributed by atoms with van der Waals surface area (Å²) in [5, 5.41) is 3.25. The Morgan fingerprint density at radius 2 is 1.71 bits per heavy atom. The molecule has 0 aliphatic rings. The Balaban J connectivity index is 1.69. The Labute approximate surface area is 161 Å². The third-order valence-electron chi connectivity index (χ3n) is 4.54. The zero-order chi connectivity index (χ0) is 19.5. The number of imidazole rings is 1. The Bertz CT molecular complexity index is 1100. The average Bonchev–Trinajstić information content (AvgIpc) is 3.06. The van der Waals surface area contributed by atoms with E-state index in [0.29, 0.717) is 35.9 Å². The molecule has 2 heterocycles. The minimum Gasteiger partial charge on any atom is -0.366 e. The van der Waals surface area contributed by atoms with E-state index in [1.165, 1.54) is 18.2 Å². The molecule has 0 amide bonds. The van der Waals surface area contributed by atoms with Crippen molar-refractivity contribution in [1.29, 1.82) is 0 Å². The minimum atomic E-state index is -0.301. The second kappa shape index (κ2) is 7.76. The maximum atomic E-state index is 14.3. The zero-order valence-corrected chi connectivity index (χ0v) is 15.5. The minimum absolute atomic E-state index is 0.257. The van der Waals surface area contributed by atoms with Crippen LogP contribution >= 0.6 is 0 Å². The first-order chi connectivity index (χ1) is 13.7. The van der Waals surface area contributed by atoms with Crippen molar-refractivity contribution in [3.05, 3.63) is 77.9 Å². The van der Waals surface area contributed by atoms with Gasteiger partial charge in [-0.15, -0.1) is 0 Å². The Kier molecular flexibility index (Phi) is 5.02. The highest BCUT2D eigenvalue weighted by molar-refractivity contribution is 5.79. The van der Waals surface area contributed by atoms with Gasteiger partial charge in [-0.25, -0.2) is 18.7 Å². The molecule has 0 atom stereocenters. The molecule has 0 aliphatic carbocycles. The molecule has 2 aromatic carbocycles. The molecule has 0 fully saturated rings. The lowest BCUT2D eigenvalue weighted by Crippen LogP contribution is -2.04. The summed E-state index contributed by atoms with van der Waals surface area (Å²) < 4.78 is 29.3. The van der Waals surface area contributed by atoms with Gasteiger partial charge in [-0.2, -0.15) is 0 Å². The van der Waals surface area contributed by atoms with Gasteiger partial charge in [0.15, 0.2) is 5.65 Å².